The largest absolute Gasteiger partial charge is 0.326 e. The predicted octanol–water partition coefficient (Wildman–Crippen LogP) is 0.0759. The summed E-state index contributed by atoms with van der Waals surface area (Å²) in [5.74, 6) is 0.367. The van der Waals surface area contributed by atoms with E-state index < -0.39 is 10.0 Å². The molecule has 1 aliphatic heterocycles. The molecule has 1 aromatic heterocycles. The summed E-state index contributed by atoms with van der Waals surface area (Å²) >= 11 is 0. The maximum Gasteiger partial charge on any atom is 0.246 e. The van der Waals surface area contributed by atoms with Crippen molar-refractivity contribution < 1.29 is 8.42 Å². The van der Waals surface area contributed by atoms with Crippen LogP contribution in [-0.4, -0.2) is 42.1 Å². The zero-order valence-corrected chi connectivity index (χ0v) is 10.9. The fourth-order valence-electron chi connectivity index (χ4n) is 2.03. The fraction of sp³-hybridized carbons (Fsp3) is 0.700. The van der Waals surface area contributed by atoms with Crippen LogP contribution < -0.4 is 5.73 Å². The zero-order chi connectivity index (χ0) is 12.6. The molecule has 17 heavy (non-hydrogen) atoms. The van der Waals surface area contributed by atoms with Crippen molar-refractivity contribution in [1.82, 2.24) is 14.5 Å². The smallest absolute Gasteiger partial charge is 0.246 e. The molecule has 0 radical (unpaired) electrons. The van der Waals surface area contributed by atoms with E-state index in [0.717, 1.165) is 6.42 Å². The van der Waals surface area contributed by atoms with Crippen LogP contribution in [0.1, 0.15) is 19.0 Å². The predicted molar refractivity (Wildman–Crippen MR) is 63.8 cm³/mol. The number of aromatic nitrogens is 2. The molecular weight excluding hydrogens is 240 g/mol. The molecule has 1 aromatic rings. The van der Waals surface area contributed by atoms with Gasteiger partial charge in [0.1, 0.15) is 4.90 Å². The second kappa shape index (κ2) is 4.40. The standard InChI is InChI=1S/C10H18N4O2S/c1-7-3-4-14(6-9(7)11)17(15,16)10-5-12-13-8(10)2/h5,7,9H,3-4,6,11H2,1-2H3,(H,12,13). The summed E-state index contributed by atoms with van der Waals surface area (Å²) in [5.41, 5.74) is 6.49. The van der Waals surface area contributed by atoms with Crippen molar-refractivity contribution in [3.8, 4) is 0 Å². The summed E-state index contributed by atoms with van der Waals surface area (Å²) in [6.07, 6.45) is 2.16. The number of nitrogens with one attached hydrogen (secondary N) is 1. The number of hydrogen-bond acceptors (Lipinski definition) is 4. The maximum absolute atomic E-state index is 12.3. The summed E-state index contributed by atoms with van der Waals surface area (Å²) in [6.45, 7) is 4.67. The first kappa shape index (κ1) is 12.5. The lowest BCUT2D eigenvalue weighted by atomic mass is 9.96. The quantitative estimate of drug-likeness (QED) is 0.785. The van der Waals surface area contributed by atoms with Gasteiger partial charge in [-0.2, -0.15) is 9.40 Å². The van der Waals surface area contributed by atoms with Crippen molar-refractivity contribution >= 4 is 10.0 Å². The average Bonchev–Trinajstić information content (AvgIpc) is 2.69. The van der Waals surface area contributed by atoms with Crippen molar-refractivity contribution in [3.05, 3.63) is 11.9 Å². The van der Waals surface area contributed by atoms with Crippen LogP contribution in [0.3, 0.4) is 0 Å². The molecule has 2 heterocycles. The molecule has 3 N–H and O–H groups in total. The highest BCUT2D eigenvalue weighted by Crippen LogP contribution is 2.23. The SMILES string of the molecule is Cc1[nH]ncc1S(=O)(=O)N1CCC(C)C(N)C1. The van der Waals surface area contributed by atoms with Crippen LogP contribution >= 0.6 is 0 Å². The van der Waals surface area contributed by atoms with E-state index in [2.05, 4.69) is 17.1 Å². The van der Waals surface area contributed by atoms with Crippen LogP contribution in [0.5, 0.6) is 0 Å². The van der Waals surface area contributed by atoms with E-state index in [1.54, 1.807) is 6.92 Å². The number of aromatic amines is 1. The minimum Gasteiger partial charge on any atom is -0.326 e. The molecule has 2 rings (SSSR count). The highest BCUT2D eigenvalue weighted by atomic mass is 32.2. The van der Waals surface area contributed by atoms with E-state index in [1.807, 2.05) is 0 Å². The minimum atomic E-state index is -3.45. The van der Waals surface area contributed by atoms with Gasteiger partial charge in [0.15, 0.2) is 0 Å². The van der Waals surface area contributed by atoms with Gasteiger partial charge in [-0.05, 0) is 19.3 Å². The summed E-state index contributed by atoms with van der Waals surface area (Å²) in [7, 11) is -3.45. The van der Waals surface area contributed by atoms with E-state index in [1.165, 1.54) is 10.5 Å². The van der Waals surface area contributed by atoms with Crippen molar-refractivity contribution in [2.24, 2.45) is 11.7 Å². The maximum atomic E-state index is 12.3. The van der Waals surface area contributed by atoms with Crippen molar-refractivity contribution in [3.63, 3.8) is 0 Å². The number of aryl methyl sites for hydroxylation is 1. The Kier molecular flexibility index (Phi) is 3.24. The van der Waals surface area contributed by atoms with Crippen molar-refractivity contribution in [2.75, 3.05) is 13.1 Å². The lowest BCUT2D eigenvalue weighted by Crippen LogP contribution is -2.49. The van der Waals surface area contributed by atoms with Crippen molar-refractivity contribution in [1.29, 1.82) is 0 Å². The molecule has 7 heteroatoms. The zero-order valence-electron chi connectivity index (χ0n) is 10.0. The Morgan fingerprint density at radius 2 is 2.29 bits per heavy atom. The van der Waals surface area contributed by atoms with Gasteiger partial charge in [0.25, 0.3) is 0 Å². The number of sulfonamides is 1. The molecule has 2 unspecified atom stereocenters. The first-order chi connectivity index (χ1) is 7.93. The van der Waals surface area contributed by atoms with Gasteiger partial charge in [-0.15, -0.1) is 0 Å². The molecule has 2 atom stereocenters. The summed E-state index contributed by atoms with van der Waals surface area (Å²) in [5, 5.41) is 6.40. The van der Waals surface area contributed by atoms with E-state index in [0.29, 0.717) is 24.7 Å². The summed E-state index contributed by atoms with van der Waals surface area (Å²) < 4.78 is 26.1. The number of nitrogens with zero attached hydrogens (tertiary/aromatic N) is 2. The molecule has 0 saturated carbocycles. The van der Waals surface area contributed by atoms with E-state index in [4.69, 9.17) is 5.73 Å². The van der Waals surface area contributed by atoms with Crippen LogP contribution in [0, 0.1) is 12.8 Å². The lowest BCUT2D eigenvalue weighted by Gasteiger charge is -2.33. The highest BCUT2D eigenvalue weighted by molar-refractivity contribution is 7.89. The topological polar surface area (TPSA) is 92.1 Å². The molecule has 1 saturated heterocycles. The van der Waals surface area contributed by atoms with Gasteiger partial charge in [0, 0.05) is 19.1 Å². The molecule has 0 aliphatic carbocycles. The molecule has 1 aliphatic rings. The van der Waals surface area contributed by atoms with E-state index in [9.17, 15) is 8.42 Å². The Balaban J connectivity index is 2.26. The van der Waals surface area contributed by atoms with Gasteiger partial charge in [-0.25, -0.2) is 8.42 Å². The number of H-pyrrole nitrogens is 1. The van der Waals surface area contributed by atoms with E-state index in [-0.39, 0.29) is 10.9 Å². The van der Waals surface area contributed by atoms with Crippen molar-refractivity contribution in [2.45, 2.75) is 31.2 Å². The third-order valence-corrected chi connectivity index (χ3v) is 5.36. The number of rotatable bonds is 2. The Morgan fingerprint density at radius 1 is 1.59 bits per heavy atom. The normalized spacial score (nSPS) is 27.2. The number of hydrogen-bond donors (Lipinski definition) is 2. The van der Waals surface area contributed by atoms with Gasteiger partial charge < -0.3 is 5.73 Å². The lowest BCUT2D eigenvalue weighted by molar-refractivity contribution is 0.253. The molecule has 6 nitrogen and oxygen atoms in total. The third-order valence-electron chi connectivity index (χ3n) is 3.38. The molecule has 0 aromatic carbocycles. The van der Waals surface area contributed by atoms with Crippen LogP contribution in [0.4, 0.5) is 0 Å². The monoisotopic (exact) mass is 258 g/mol. The van der Waals surface area contributed by atoms with Gasteiger partial charge in [0.05, 0.1) is 11.9 Å². The van der Waals surface area contributed by atoms with Crippen LogP contribution in [0.25, 0.3) is 0 Å². The molecule has 0 amide bonds. The van der Waals surface area contributed by atoms with Gasteiger partial charge in [-0.1, -0.05) is 6.92 Å². The number of piperidine rings is 1. The third kappa shape index (κ3) is 2.22. The fourth-order valence-corrected chi connectivity index (χ4v) is 3.64. The first-order valence-corrected chi connectivity index (χ1v) is 7.12. The van der Waals surface area contributed by atoms with Gasteiger partial charge in [0.2, 0.25) is 10.0 Å². The molecule has 0 bridgehead atoms. The Hall–Kier alpha value is -0.920. The van der Waals surface area contributed by atoms with Gasteiger partial charge in [-0.3, -0.25) is 5.10 Å². The molecule has 0 spiro atoms. The van der Waals surface area contributed by atoms with Crippen LogP contribution in [0.2, 0.25) is 0 Å². The average molecular weight is 258 g/mol. The second-order valence-corrected chi connectivity index (χ2v) is 6.56. The molecular formula is C10H18N4O2S. The minimum absolute atomic E-state index is 0.0919. The number of nitrogens with two attached hydrogens (primary N) is 1. The van der Waals surface area contributed by atoms with E-state index >= 15 is 0 Å². The second-order valence-electron chi connectivity index (χ2n) is 4.65. The first-order valence-electron chi connectivity index (χ1n) is 5.68. The van der Waals surface area contributed by atoms with Crippen LogP contribution in [-0.2, 0) is 10.0 Å². The van der Waals surface area contributed by atoms with Crippen LogP contribution in [0.15, 0.2) is 11.1 Å². The molecule has 96 valence electrons. The van der Waals surface area contributed by atoms with Gasteiger partial charge >= 0.3 is 0 Å². The molecule has 1 fully saturated rings. The summed E-state index contributed by atoms with van der Waals surface area (Å²) in [6, 6.07) is -0.0919. The Labute approximate surface area is 101 Å². The summed E-state index contributed by atoms with van der Waals surface area (Å²) in [4.78, 5) is 0.249. The Morgan fingerprint density at radius 3 is 2.82 bits per heavy atom. The Bertz CT molecular complexity index is 496. The highest BCUT2D eigenvalue weighted by Gasteiger charge is 2.33.